The number of anilines is 1. The number of aryl methyl sites for hydroxylation is 1. The molecule has 0 aliphatic rings. The van der Waals surface area contributed by atoms with Crippen molar-refractivity contribution < 1.29 is 0 Å². The van der Waals surface area contributed by atoms with Crippen LogP contribution in [0, 0.1) is 6.92 Å². The zero-order valence-electron chi connectivity index (χ0n) is 9.81. The smallest absolute Gasteiger partial charge is 0.0593 e. The van der Waals surface area contributed by atoms with Crippen molar-refractivity contribution in [2.45, 2.75) is 13.5 Å². The van der Waals surface area contributed by atoms with Gasteiger partial charge in [0.25, 0.3) is 0 Å². The minimum absolute atomic E-state index is 0.665. The molecule has 2 rings (SSSR count). The van der Waals surface area contributed by atoms with Gasteiger partial charge in [0.15, 0.2) is 0 Å². The Morgan fingerprint density at radius 2 is 1.89 bits per heavy atom. The molecule has 0 aliphatic carbocycles. The van der Waals surface area contributed by atoms with Crippen molar-refractivity contribution in [2.75, 3.05) is 5.32 Å². The quantitative estimate of drug-likeness (QED) is 0.755. The molecule has 0 unspecified atom stereocenters. The van der Waals surface area contributed by atoms with Gasteiger partial charge in [-0.3, -0.25) is 0 Å². The number of hydrogen-bond donors (Lipinski definition) is 1. The van der Waals surface area contributed by atoms with E-state index in [9.17, 15) is 0 Å². The first kappa shape index (κ1) is 13.7. The third kappa shape index (κ3) is 3.19. The summed E-state index contributed by atoms with van der Waals surface area (Å²) in [6.45, 7) is 2.69. The summed E-state index contributed by atoms with van der Waals surface area (Å²) >= 11 is 15.7. The van der Waals surface area contributed by atoms with Gasteiger partial charge < -0.3 is 5.32 Å². The van der Waals surface area contributed by atoms with Crippen LogP contribution < -0.4 is 5.32 Å². The van der Waals surface area contributed by atoms with Crippen LogP contribution in [0.3, 0.4) is 0 Å². The normalized spacial score (nSPS) is 10.4. The van der Waals surface area contributed by atoms with Crippen LogP contribution in [0.2, 0.25) is 10.0 Å². The van der Waals surface area contributed by atoms with Crippen LogP contribution in [0.15, 0.2) is 40.9 Å². The molecule has 1 nitrogen and oxygen atoms in total. The molecule has 0 aliphatic heterocycles. The minimum Gasteiger partial charge on any atom is -0.380 e. The first-order chi connectivity index (χ1) is 8.58. The Morgan fingerprint density at radius 3 is 2.61 bits per heavy atom. The van der Waals surface area contributed by atoms with Gasteiger partial charge in [0.2, 0.25) is 0 Å². The summed E-state index contributed by atoms with van der Waals surface area (Å²) in [5.41, 5.74) is 3.18. The van der Waals surface area contributed by atoms with Gasteiger partial charge in [0.05, 0.1) is 15.2 Å². The van der Waals surface area contributed by atoms with Gasteiger partial charge in [-0.2, -0.15) is 0 Å². The predicted octanol–water partition coefficient (Wildman–Crippen LogP) is 5.68. The molecule has 0 saturated carbocycles. The predicted molar refractivity (Wildman–Crippen MR) is 82.7 cm³/mol. The molecule has 18 heavy (non-hydrogen) atoms. The maximum atomic E-state index is 6.19. The molecule has 4 heteroatoms. The van der Waals surface area contributed by atoms with Crippen LogP contribution in [-0.4, -0.2) is 0 Å². The van der Waals surface area contributed by atoms with Gasteiger partial charge in [0.1, 0.15) is 0 Å². The molecule has 2 aromatic carbocycles. The highest BCUT2D eigenvalue weighted by molar-refractivity contribution is 9.10. The lowest BCUT2D eigenvalue weighted by atomic mass is 10.1. The molecule has 0 atom stereocenters. The van der Waals surface area contributed by atoms with Crippen LogP contribution in [0.25, 0.3) is 0 Å². The molecule has 0 amide bonds. The molecule has 0 heterocycles. The number of halogens is 3. The second kappa shape index (κ2) is 5.96. The van der Waals surface area contributed by atoms with Crippen molar-refractivity contribution in [2.24, 2.45) is 0 Å². The second-order valence-electron chi connectivity index (χ2n) is 4.05. The Labute approximate surface area is 125 Å². The molecular formula is C14H12BrCl2N. The fourth-order valence-electron chi connectivity index (χ4n) is 1.63. The van der Waals surface area contributed by atoms with Crippen LogP contribution >= 0.6 is 39.1 Å². The van der Waals surface area contributed by atoms with E-state index in [1.807, 2.05) is 37.3 Å². The summed E-state index contributed by atoms with van der Waals surface area (Å²) in [5.74, 6) is 0. The van der Waals surface area contributed by atoms with E-state index in [4.69, 9.17) is 23.2 Å². The van der Waals surface area contributed by atoms with E-state index in [0.717, 1.165) is 26.3 Å². The molecule has 0 aromatic heterocycles. The Bertz CT molecular complexity index is 570. The van der Waals surface area contributed by atoms with E-state index in [-0.39, 0.29) is 0 Å². The van der Waals surface area contributed by atoms with Crippen molar-refractivity contribution >= 4 is 44.8 Å². The van der Waals surface area contributed by atoms with Gasteiger partial charge in [-0.1, -0.05) is 41.4 Å². The minimum atomic E-state index is 0.665. The third-order valence-electron chi connectivity index (χ3n) is 2.63. The molecule has 0 fully saturated rings. The maximum absolute atomic E-state index is 6.19. The summed E-state index contributed by atoms with van der Waals surface area (Å²) in [5, 5.41) is 4.78. The molecular weight excluding hydrogens is 333 g/mol. The summed E-state index contributed by atoms with van der Waals surface area (Å²) in [7, 11) is 0. The zero-order valence-corrected chi connectivity index (χ0v) is 12.9. The van der Waals surface area contributed by atoms with E-state index in [0.29, 0.717) is 11.6 Å². The van der Waals surface area contributed by atoms with E-state index in [1.165, 1.54) is 0 Å². The Kier molecular flexibility index (Phi) is 4.55. The zero-order chi connectivity index (χ0) is 13.1. The lowest BCUT2D eigenvalue weighted by Gasteiger charge is -2.11. The van der Waals surface area contributed by atoms with E-state index < -0.39 is 0 Å². The van der Waals surface area contributed by atoms with E-state index in [1.54, 1.807) is 0 Å². The maximum Gasteiger partial charge on any atom is 0.0593 e. The third-order valence-corrected chi connectivity index (χ3v) is 4.38. The molecule has 1 N–H and O–H groups in total. The van der Waals surface area contributed by atoms with Crippen molar-refractivity contribution in [3.8, 4) is 0 Å². The fraction of sp³-hybridized carbons (Fsp3) is 0.143. The number of nitrogens with one attached hydrogen (secondary N) is 1. The largest absolute Gasteiger partial charge is 0.380 e. The van der Waals surface area contributed by atoms with Crippen LogP contribution in [-0.2, 0) is 6.54 Å². The van der Waals surface area contributed by atoms with Crippen molar-refractivity contribution in [1.29, 1.82) is 0 Å². The standard InChI is InChI=1S/C14H12BrCl2N/c1-9-5-6-10(12(17)7-9)8-18-13-4-2-3-11(16)14(13)15/h2-7,18H,8H2,1H3. The van der Waals surface area contributed by atoms with Crippen molar-refractivity contribution in [3.05, 3.63) is 62.0 Å². The van der Waals surface area contributed by atoms with Gasteiger partial charge in [-0.25, -0.2) is 0 Å². The van der Waals surface area contributed by atoms with Crippen molar-refractivity contribution in [1.82, 2.24) is 0 Å². The van der Waals surface area contributed by atoms with Crippen molar-refractivity contribution in [3.63, 3.8) is 0 Å². The molecule has 0 bridgehead atoms. The van der Waals surface area contributed by atoms with Gasteiger partial charge in [-0.05, 0) is 52.2 Å². The number of hydrogen-bond acceptors (Lipinski definition) is 1. The summed E-state index contributed by atoms with van der Waals surface area (Å²) in [4.78, 5) is 0. The highest BCUT2D eigenvalue weighted by Crippen LogP contribution is 2.30. The Morgan fingerprint density at radius 1 is 1.11 bits per heavy atom. The molecule has 94 valence electrons. The second-order valence-corrected chi connectivity index (χ2v) is 5.66. The SMILES string of the molecule is Cc1ccc(CNc2cccc(Cl)c2Br)c(Cl)c1. The highest BCUT2D eigenvalue weighted by atomic mass is 79.9. The van der Waals surface area contributed by atoms with Crippen LogP contribution in [0.4, 0.5) is 5.69 Å². The van der Waals surface area contributed by atoms with Crippen LogP contribution in [0.5, 0.6) is 0 Å². The average molecular weight is 345 g/mol. The summed E-state index contributed by atoms with van der Waals surface area (Å²) in [6, 6.07) is 11.8. The van der Waals surface area contributed by atoms with Gasteiger partial charge >= 0.3 is 0 Å². The fourth-order valence-corrected chi connectivity index (χ4v) is 2.51. The van der Waals surface area contributed by atoms with Gasteiger partial charge in [0, 0.05) is 11.6 Å². The number of benzene rings is 2. The van der Waals surface area contributed by atoms with E-state index >= 15 is 0 Å². The lowest BCUT2D eigenvalue weighted by molar-refractivity contribution is 1.14. The molecule has 0 saturated heterocycles. The average Bonchev–Trinajstić information content (AvgIpc) is 2.33. The monoisotopic (exact) mass is 343 g/mol. The lowest BCUT2D eigenvalue weighted by Crippen LogP contribution is -2.01. The Hall–Kier alpha value is -0.700. The molecule has 0 radical (unpaired) electrons. The molecule has 2 aromatic rings. The number of rotatable bonds is 3. The summed E-state index contributed by atoms with van der Waals surface area (Å²) < 4.78 is 0.870. The summed E-state index contributed by atoms with van der Waals surface area (Å²) in [6.07, 6.45) is 0. The van der Waals surface area contributed by atoms with Crippen LogP contribution in [0.1, 0.15) is 11.1 Å². The van der Waals surface area contributed by atoms with Gasteiger partial charge in [-0.15, -0.1) is 0 Å². The topological polar surface area (TPSA) is 12.0 Å². The first-order valence-corrected chi connectivity index (χ1v) is 7.06. The van der Waals surface area contributed by atoms with E-state index in [2.05, 4.69) is 27.3 Å². The molecule has 0 spiro atoms. The Balaban J connectivity index is 2.14. The first-order valence-electron chi connectivity index (χ1n) is 5.51. The highest BCUT2D eigenvalue weighted by Gasteiger charge is 2.05.